The molecule has 2 saturated heterocycles. The van der Waals surface area contributed by atoms with E-state index in [1.54, 1.807) is 7.05 Å². The van der Waals surface area contributed by atoms with Crippen molar-refractivity contribution in [3.05, 3.63) is 12.2 Å². The van der Waals surface area contributed by atoms with E-state index < -0.39 is 0 Å². The molecule has 4 rings (SSSR count). The maximum absolute atomic E-state index is 12.6. The first-order valence-corrected chi connectivity index (χ1v) is 9.58. The van der Waals surface area contributed by atoms with E-state index in [0.29, 0.717) is 13.1 Å². The molecule has 7 nitrogen and oxygen atoms in total. The quantitative estimate of drug-likeness (QED) is 0.146. The number of amides is 2. The van der Waals surface area contributed by atoms with Gasteiger partial charge in [-0.15, -0.1) is 24.0 Å². The molecule has 0 aromatic heterocycles. The molecule has 2 heterocycles. The van der Waals surface area contributed by atoms with Crippen LogP contribution in [0.15, 0.2) is 17.1 Å². The fourth-order valence-electron chi connectivity index (χ4n) is 4.70. The summed E-state index contributed by atoms with van der Waals surface area (Å²) in [6, 6.07) is 0. The summed E-state index contributed by atoms with van der Waals surface area (Å²) in [5.74, 6) is 1.20. The predicted molar refractivity (Wildman–Crippen MR) is 113 cm³/mol. The van der Waals surface area contributed by atoms with E-state index in [2.05, 4.69) is 34.7 Å². The third kappa shape index (κ3) is 3.74. The van der Waals surface area contributed by atoms with Gasteiger partial charge in [0.05, 0.1) is 25.0 Å². The minimum atomic E-state index is -0.0923. The summed E-state index contributed by atoms with van der Waals surface area (Å²) in [6.07, 6.45) is 5.96. The summed E-state index contributed by atoms with van der Waals surface area (Å²) < 4.78 is 5.26. The smallest absolute Gasteiger partial charge is 0.233 e. The van der Waals surface area contributed by atoms with E-state index in [-0.39, 0.29) is 64.9 Å². The fourth-order valence-corrected chi connectivity index (χ4v) is 4.70. The highest BCUT2D eigenvalue weighted by Crippen LogP contribution is 2.52. The monoisotopic (exact) mass is 488 g/mol. The van der Waals surface area contributed by atoms with Gasteiger partial charge >= 0.3 is 0 Å². The van der Waals surface area contributed by atoms with Crippen LogP contribution in [0.5, 0.6) is 0 Å². The van der Waals surface area contributed by atoms with E-state index >= 15 is 0 Å². The normalized spacial score (nSPS) is 33.0. The van der Waals surface area contributed by atoms with Crippen molar-refractivity contribution in [2.45, 2.75) is 19.8 Å². The number of carbonyl (C=O) groups excluding carboxylic acids is 2. The van der Waals surface area contributed by atoms with Gasteiger partial charge in [-0.25, -0.2) is 0 Å². The Morgan fingerprint density at radius 3 is 2.37 bits per heavy atom. The molecule has 4 unspecified atom stereocenters. The van der Waals surface area contributed by atoms with Crippen molar-refractivity contribution in [1.82, 2.24) is 15.5 Å². The predicted octanol–water partition coefficient (Wildman–Crippen LogP) is 1.00. The second kappa shape index (κ2) is 8.06. The van der Waals surface area contributed by atoms with Crippen LogP contribution < -0.4 is 10.6 Å². The number of hydrogen-bond acceptors (Lipinski definition) is 4. The molecule has 2 aliphatic carbocycles. The Bertz CT molecular complexity index is 631. The molecule has 0 spiro atoms. The van der Waals surface area contributed by atoms with Crippen LogP contribution in [0.1, 0.15) is 19.8 Å². The molecule has 4 atom stereocenters. The minimum Gasteiger partial charge on any atom is -0.380 e. The topological polar surface area (TPSA) is 83.0 Å². The van der Waals surface area contributed by atoms with Gasteiger partial charge in [0.1, 0.15) is 0 Å². The van der Waals surface area contributed by atoms with Crippen LogP contribution in [-0.2, 0) is 14.3 Å². The number of aliphatic imine (C=N–C) groups is 1. The molecule has 0 aromatic rings. The lowest BCUT2D eigenvalue weighted by atomic mass is 9.85. The van der Waals surface area contributed by atoms with Crippen LogP contribution in [0.25, 0.3) is 0 Å². The molecule has 2 amide bonds. The highest BCUT2D eigenvalue weighted by molar-refractivity contribution is 14.0. The van der Waals surface area contributed by atoms with E-state index in [1.807, 2.05) is 0 Å². The van der Waals surface area contributed by atoms with Crippen molar-refractivity contribution in [2.75, 3.05) is 39.9 Å². The van der Waals surface area contributed by atoms with Crippen molar-refractivity contribution < 1.29 is 14.3 Å². The SMILES string of the molecule is CN=C(NCCCN1C(=O)C2C3C=CC(C3)C2C1=O)NCC1(C)COC1.I. The van der Waals surface area contributed by atoms with Crippen molar-refractivity contribution in [2.24, 2.45) is 34.1 Å². The maximum atomic E-state index is 12.6. The highest BCUT2D eigenvalue weighted by atomic mass is 127. The summed E-state index contributed by atoms with van der Waals surface area (Å²) in [4.78, 5) is 31.0. The number of rotatable bonds is 6. The number of carbonyl (C=O) groups is 2. The molecule has 2 bridgehead atoms. The summed E-state index contributed by atoms with van der Waals surface area (Å²) in [5, 5.41) is 6.57. The van der Waals surface area contributed by atoms with Crippen LogP contribution in [0.3, 0.4) is 0 Å². The van der Waals surface area contributed by atoms with E-state index in [0.717, 1.165) is 38.6 Å². The third-order valence-corrected chi connectivity index (χ3v) is 6.22. The van der Waals surface area contributed by atoms with Gasteiger partial charge in [0.15, 0.2) is 5.96 Å². The number of likely N-dealkylation sites (tertiary alicyclic amines) is 1. The molecule has 27 heavy (non-hydrogen) atoms. The van der Waals surface area contributed by atoms with Gasteiger partial charge in [0.25, 0.3) is 0 Å². The largest absolute Gasteiger partial charge is 0.380 e. The number of guanidine groups is 1. The van der Waals surface area contributed by atoms with Crippen LogP contribution in [0.2, 0.25) is 0 Å². The maximum Gasteiger partial charge on any atom is 0.233 e. The van der Waals surface area contributed by atoms with Crippen LogP contribution >= 0.6 is 24.0 Å². The average Bonchev–Trinajstić information content (AvgIpc) is 3.28. The number of ether oxygens (including phenoxy) is 1. The number of imide groups is 1. The number of nitrogens with zero attached hydrogens (tertiary/aromatic N) is 2. The summed E-state index contributed by atoms with van der Waals surface area (Å²) in [6.45, 7) is 5.70. The van der Waals surface area contributed by atoms with Crippen LogP contribution in [-0.4, -0.2) is 62.6 Å². The lowest BCUT2D eigenvalue weighted by molar-refractivity contribution is -0.140. The number of hydrogen-bond donors (Lipinski definition) is 2. The summed E-state index contributed by atoms with van der Waals surface area (Å²) in [5.41, 5.74) is 0.178. The summed E-state index contributed by atoms with van der Waals surface area (Å²) in [7, 11) is 1.74. The Morgan fingerprint density at radius 2 is 1.85 bits per heavy atom. The first-order chi connectivity index (χ1) is 12.5. The molecule has 8 heteroatoms. The molecule has 2 aliphatic heterocycles. The van der Waals surface area contributed by atoms with Crippen molar-refractivity contribution in [3.8, 4) is 0 Å². The van der Waals surface area contributed by atoms with E-state index in [9.17, 15) is 9.59 Å². The van der Waals surface area contributed by atoms with Gasteiger partial charge in [0.2, 0.25) is 11.8 Å². The second-order valence-corrected chi connectivity index (χ2v) is 8.34. The molecule has 0 aromatic carbocycles. The standard InChI is InChI=1S/C19H28N4O3.HI/c1-19(10-26-11-19)9-22-18(20-2)21-6-3-7-23-16(24)14-12-4-5-13(8-12)15(14)17(23)25;/h4-5,12-15H,3,6-11H2,1-2H3,(H2,20,21,22);1H. The summed E-state index contributed by atoms with van der Waals surface area (Å²) >= 11 is 0. The number of halogens is 1. The molecule has 3 fully saturated rings. The van der Waals surface area contributed by atoms with Gasteiger partial charge in [-0.2, -0.15) is 0 Å². The minimum absolute atomic E-state index is 0. The molecule has 4 aliphatic rings. The average molecular weight is 488 g/mol. The fraction of sp³-hybridized carbons (Fsp3) is 0.737. The number of fused-ring (bicyclic) bond motifs is 5. The van der Waals surface area contributed by atoms with Gasteiger partial charge < -0.3 is 15.4 Å². The Balaban J connectivity index is 0.00000210. The van der Waals surface area contributed by atoms with Crippen molar-refractivity contribution in [1.29, 1.82) is 0 Å². The zero-order valence-corrected chi connectivity index (χ0v) is 18.3. The zero-order valence-electron chi connectivity index (χ0n) is 15.9. The Labute approximate surface area is 177 Å². The number of nitrogens with one attached hydrogen (secondary N) is 2. The van der Waals surface area contributed by atoms with Crippen LogP contribution in [0, 0.1) is 29.1 Å². The van der Waals surface area contributed by atoms with Gasteiger partial charge in [-0.05, 0) is 24.7 Å². The van der Waals surface area contributed by atoms with Gasteiger partial charge in [-0.1, -0.05) is 19.1 Å². The van der Waals surface area contributed by atoms with Gasteiger partial charge in [0, 0.05) is 32.1 Å². The lowest BCUT2D eigenvalue weighted by Gasteiger charge is -2.38. The zero-order chi connectivity index (χ0) is 18.3. The molecule has 2 N–H and O–H groups in total. The lowest BCUT2D eigenvalue weighted by Crippen LogP contribution is -2.51. The first kappa shape index (κ1) is 20.6. The molecule has 150 valence electrons. The van der Waals surface area contributed by atoms with Gasteiger partial charge in [-0.3, -0.25) is 19.5 Å². The van der Waals surface area contributed by atoms with Crippen molar-refractivity contribution >= 4 is 41.8 Å². The van der Waals surface area contributed by atoms with E-state index in [4.69, 9.17) is 4.74 Å². The molecule has 1 saturated carbocycles. The number of allylic oxidation sites excluding steroid dienone is 2. The van der Waals surface area contributed by atoms with Crippen molar-refractivity contribution in [3.63, 3.8) is 0 Å². The van der Waals surface area contributed by atoms with E-state index in [1.165, 1.54) is 4.90 Å². The third-order valence-electron chi connectivity index (χ3n) is 6.22. The molecular weight excluding hydrogens is 459 g/mol. The molecule has 0 radical (unpaired) electrons. The Hall–Kier alpha value is -1.16. The first-order valence-electron chi connectivity index (χ1n) is 9.58. The Kier molecular flexibility index (Phi) is 6.14. The van der Waals surface area contributed by atoms with Crippen LogP contribution in [0.4, 0.5) is 0 Å². The highest BCUT2D eigenvalue weighted by Gasteiger charge is 2.58. The molecular formula is C19H29IN4O3. The second-order valence-electron chi connectivity index (χ2n) is 8.34. The Morgan fingerprint density at radius 1 is 1.22 bits per heavy atom.